The fraction of sp³-hybridized carbons (Fsp3) is 1.00. The largest absolute Gasteiger partial charge is 0.359 e. The van der Waals surface area contributed by atoms with Gasteiger partial charge in [0.05, 0.1) is 6.10 Å². The number of hydrogen-bond acceptors (Lipinski definition) is 2. The summed E-state index contributed by atoms with van der Waals surface area (Å²) in [6, 6.07) is 0. The van der Waals surface area contributed by atoms with Gasteiger partial charge in [-0.2, -0.15) is 0 Å². The van der Waals surface area contributed by atoms with E-state index in [9.17, 15) is 0 Å². The van der Waals surface area contributed by atoms with Crippen molar-refractivity contribution in [1.29, 1.82) is 0 Å². The van der Waals surface area contributed by atoms with E-state index in [1.165, 1.54) is 64.2 Å². The maximum atomic E-state index is 5.75. The summed E-state index contributed by atoms with van der Waals surface area (Å²) in [6.07, 6.45) is 13.3. The van der Waals surface area contributed by atoms with Gasteiger partial charge in [0.2, 0.25) is 0 Å². The summed E-state index contributed by atoms with van der Waals surface area (Å²) in [5.41, 5.74) is 0. The van der Waals surface area contributed by atoms with Gasteiger partial charge in [-0.3, -0.25) is 0 Å². The number of alkyl halides is 1. The van der Waals surface area contributed by atoms with Crippen molar-refractivity contribution >= 4 is 15.9 Å². The molecular weight excluding hydrogens is 292 g/mol. The smallest absolute Gasteiger partial charge is 0.146 e. The van der Waals surface area contributed by atoms with Crippen molar-refractivity contribution in [2.75, 3.05) is 19.2 Å². The molecule has 0 aliphatic rings. The van der Waals surface area contributed by atoms with Crippen molar-refractivity contribution in [2.24, 2.45) is 0 Å². The van der Waals surface area contributed by atoms with Crippen molar-refractivity contribution in [1.82, 2.24) is 0 Å². The molecule has 0 amide bonds. The normalized spacial score (nSPS) is 12.8. The van der Waals surface area contributed by atoms with Gasteiger partial charge in [-0.1, -0.05) is 67.8 Å². The topological polar surface area (TPSA) is 18.5 Å². The molecule has 0 aromatic rings. The maximum absolute atomic E-state index is 5.75. The van der Waals surface area contributed by atoms with Crippen LogP contribution in [0.3, 0.4) is 0 Å². The van der Waals surface area contributed by atoms with Gasteiger partial charge in [0, 0.05) is 12.4 Å². The molecule has 0 spiro atoms. The first kappa shape index (κ1) is 18.4. The third-order valence-electron chi connectivity index (χ3n) is 3.21. The second kappa shape index (κ2) is 15.5. The molecule has 0 N–H and O–H groups in total. The van der Waals surface area contributed by atoms with Crippen molar-refractivity contribution < 1.29 is 9.47 Å². The second-order valence-corrected chi connectivity index (χ2v) is 5.73. The molecular formula is C15H31BrO2. The third kappa shape index (κ3) is 12.8. The van der Waals surface area contributed by atoms with E-state index in [4.69, 9.17) is 9.47 Å². The van der Waals surface area contributed by atoms with E-state index in [1.807, 2.05) is 0 Å². The Balaban J connectivity index is 3.56. The molecule has 1 atom stereocenters. The number of halogens is 1. The summed E-state index contributed by atoms with van der Waals surface area (Å²) in [6.45, 7) is 2.70. The van der Waals surface area contributed by atoms with Gasteiger partial charge >= 0.3 is 0 Å². The van der Waals surface area contributed by atoms with Crippen LogP contribution in [0.2, 0.25) is 0 Å². The predicted molar refractivity (Wildman–Crippen MR) is 82.4 cm³/mol. The van der Waals surface area contributed by atoms with Crippen LogP contribution < -0.4 is 0 Å². The van der Waals surface area contributed by atoms with E-state index >= 15 is 0 Å². The van der Waals surface area contributed by atoms with Gasteiger partial charge in [0.1, 0.15) is 6.79 Å². The minimum Gasteiger partial charge on any atom is -0.359 e. The Bertz CT molecular complexity index is 153. The molecule has 0 saturated carbocycles. The van der Waals surface area contributed by atoms with Crippen molar-refractivity contribution in [3.63, 3.8) is 0 Å². The molecule has 3 heteroatoms. The molecule has 18 heavy (non-hydrogen) atoms. The highest BCUT2D eigenvalue weighted by atomic mass is 79.9. The van der Waals surface area contributed by atoms with E-state index in [-0.39, 0.29) is 0 Å². The second-order valence-electron chi connectivity index (χ2n) is 4.94. The third-order valence-corrected chi connectivity index (χ3v) is 3.77. The first-order chi connectivity index (χ1) is 8.85. The molecule has 0 rings (SSSR count). The fourth-order valence-corrected chi connectivity index (χ4v) is 2.49. The molecule has 0 aromatic heterocycles. The van der Waals surface area contributed by atoms with Crippen LogP contribution in [0.5, 0.6) is 0 Å². The average Bonchev–Trinajstić information content (AvgIpc) is 2.39. The van der Waals surface area contributed by atoms with Gasteiger partial charge in [-0.25, -0.2) is 0 Å². The van der Waals surface area contributed by atoms with E-state index in [2.05, 4.69) is 22.9 Å². The average molecular weight is 323 g/mol. The summed E-state index contributed by atoms with van der Waals surface area (Å²) in [4.78, 5) is 0. The standard InChI is InChI=1S/C15H31BrO2/c1-3-4-5-8-11-15(18-14-17-2)12-9-6-7-10-13-16/h15H,3-14H2,1-2H3/t15-/m1/s1. The van der Waals surface area contributed by atoms with Crippen LogP contribution in [0.4, 0.5) is 0 Å². The highest BCUT2D eigenvalue weighted by molar-refractivity contribution is 9.09. The Morgan fingerprint density at radius 2 is 1.50 bits per heavy atom. The summed E-state index contributed by atoms with van der Waals surface area (Å²) >= 11 is 3.47. The Labute approximate surface area is 122 Å². The predicted octanol–water partition coefficient (Wildman–Crippen LogP) is 5.29. The first-order valence-corrected chi connectivity index (χ1v) is 8.63. The number of unbranched alkanes of at least 4 members (excludes halogenated alkanes) is 6. The zero-order chi connectivity index (χ0) is 13.5. The molecule has 0 radical (unpaired) electrons. The van der Waals surface area contributed by atoms with E-state index in [0.717, 1.165) is 5.33 Å². The number of hydrogen-bond donors (Lipinski definition) is 0. The van der Waals surface area contributed by atoms with Crippen LogP contribution in [-0.4, -0.2) is 25.3 Å². The zero-order valence-corrected chi connectivity index (χ0v) is 13.8. The fourth-order valence-electron chi connectivity index (χ4n) is 2.09. The summed E-state index contributed by atoms with van der Waals surface area (Å²) in [5.74, 6) is 0. The molecule has 110 valence electrons. The molecule has 2 nitrogen and oxygen atoms in total. The number of methoxy groups -OCH3 is 1. The quantitative estimate of drug-likeness (QED) is 0.246. The van der Waals surface area contributed by atoms with Crippen LogP contribution in [-0.2, 0) is 9.47 Å². The Morgan fingerprint density at radius 1 is 0.889 bits per heavy atom. The van der Waals surface area contributed by atoms with Gasteiger partial charge < -0.3 is 9.47 Å². The summed E-state index contributed by atoms with van der Waals surface area (Å²) in [7, 11) is 1.70. The van der Waals surface area contributed by atoms with Gasteiger partial charge in [0.15, 0.2) is 0 Å². The van der Waals surface area contributed by atoms with Gasteiger partial charge in [0.25, 0.3) is 0 Å². The van der Waals surface area contributed by atoms with Crippen molar-refractivity contribution in [3.05, 3.63) is 0 Å². The Hall–Kier alpha value is 0.400. The van der Waals surface area contributed by atoms with E-state index in [1.54, 1.807) is 7.11 Å². The van der Waals surface area contributed by atoms with Gasteiger partial charge in [-0.05, 0) is 19.3 Å². The number of rotatable bonds is 14. The zero-order valence-electron chi connectivity index (χ0n) is 12.3. The van der Waals surface area contributed by atoms with E-state index < -0.39 is 0 Å². The molecule has 0 aromatic carbocycles. The summed E-state index contributed by atoms with van der Waals surface area (Å²) < 4.78 is 10.8. The lowest BCUT2D eigenvalue weighted by Crippen LogP contribution is -2.14. The van der Waals surface area contributed by atoms with Crippen LogP contribution in [0, 0.1) is 0 Å². The summed E-state index contributed by atoms with van der Waals surface area (Å²) in [5, 5.41) is 1.13. The SMILES string of the molecule is CCCCCC[C@H](CCCCCCBr)OCOC. The molecule has 0 unspecified atom stereocenters. The van der Waals surface area contributed by atoms with Gasteiger partial charge in [-0.15, -0.1) is 0 Å². The molecule has 0 saturated heterocycles. The van der Waals surface area contributed by atoms with Crippen LogP contribution in [0.25, 0.3) is 0 Å². The van der Waals surface area contributed by atoms with Crippen molar-refractivity contribution in [3.8, 4) is 0 Å². The maximum Gasteiger partial charge on any atom is 0.146 e. The lowest BCUT2D eigenvalue weighted by Gasteiger charge is -2.17. The monoisotopic (exact) mass is 322 g/mol. The minimum absolute atomic E-state index is 0.408. The Morgan fingerprint density at radius 3 is 2.06 bits per heavy atom. The lowest BCUT2D eigenvalue weighted by atomic mass is 10.0. The molecule has 0 aliphatic heterocycles. The van der Waals surface area contributed by atoms with E-state index in [0.29, 0.717) is 12.9 Å². The first-order valence-electron chi connectivity index (χ1n) is 7.51. The van der Waals surface area contributed by atoms with Crippen LogP contribution in [0.15, 0.2) is 0 Å². The minimum atomic E-state index is 0.408. The molecule has 0 heterocycles. The molecule has 0 fully saturated rings. The van der Waals surface area contributed by atoms with Crippen LogP contribution >= 0.6 is 15.9 Å². The molecule has 0 bridgehead atoms. The highest BCUT2D eigenvalue weighted by Gasteiger charge is 2.08. The molecule has 0 aliphatic carbocycles. The highest BCUT2D eigenvalue weighted by Crippen LogP contribution is 2.15. The van der Waals surface area contributed by atoms with Crippen LogP contribution in [0.1, 0.15) is 71.1 Å². The Kier molecular flexibility index (Phi) is 15.8. The lowest BCUT2D eigenvalue weighted by molar-refractivity contribution is -0.0776. The number of ether oxygens (including phenoxy) is 2. The van der Waals surface area contributed by atoms with Crippen molar-refractivity contribution in [2.45, 2.75) is 77.2 Å².